The van der Waals surface area contributed by atoms with Crippen molar-refractivity contribution in [2.75, 3.05) is 65.1 Å². The Balaban J connectivity index is 0.00000280. The molecule has 1 aromatic heterocycles. The zero-order chi connectivity index (χ0) is 18.9. The molecule has 0 aliphatic carbocycles. The molecule has 0 saturated carbocycles. The number of rotatable bonds is 8. The van der Waals surface area contributed by atoms with Crippen molar-refractivity contribution >= 4 is 35.8 Å². The molecule has 0 amide bonds. The summed E-state index contributed by atoms with van der Waals surface area (Å²) in [5.74, 6) is 2.62. The number of pyridine rings is 1. The molecule has 0 spiro atoms. The SMILES string of the molecule is CN=C(NCc1ccnc(N2CCCC2)c1)N1CCC(COCCOC)C1.I. The average molecular weight is 503 g/mol. The van der Waals surface area contributed by atoms with Crippen LogP contribution in [0.5, 0.6) is 0 Å². The highest BCUT2D eigenvalue weighted by molar-refractivity contribution is 14.0. The molecule has 2 aliphatic rings. The van der Waals surface area contributed by atoms with Crippen LogP contribution in [0.2, 0.25) is 0 Å². The van der Waals surface area contributed by atoms with E-state index in [1.54, 1.807) is 7.11 Å². The smallest absolute Gasteiger partial charge is 0.193 e. The number of anilines is 1. The lowest BCUT2D eigenvalue weighted by molar-refractivity contribution is 0.0536. The lowest BCUT2D eigenvalue weighted by Gasteiger charge is -2.22. The zero-order valence-corrected chi connectivity index (χ0v) is 19.4. The van der Waals surface area contributed by atoms with E-state index in [1.165, 1.54) is 18.4 Å². The van der Waals surface area contributed by atoms with Gasteiger partial charge in [-0.05, 0) is 37.0 Å². The molecule has 0 bridgehead atoms. The number of methoxy groups -OCH3 is 1. The summed E-state index contributed by atoms with van der Waals surface area (Å²) in [6, 6.07) is 4.28. The molecule has 2 aliphatic heterocycles. The van der Waals surface area contributed by atoms with E-state index in [2.05, 4.69) is 37.2 Å². The van der Waals surface area contributed by atoms with E-state index in [0.29, 0.717) is 19.1 Å². The van der Waals surface area contributed by atoms with Crippen molar-refractivity contribution in [3.05, 3.63) is 23.9 Å². The summed E-state index contributed by atoms with van der Waals surface area (Å²) in [6.45, 7) is 7.13. The molecule has 158 valence electrons. The number of nitrogens with one attached hydrogen (secondary N) is 1. The third-order valence-corrected chi connectivity index (χ3v) is 5.27. The number of nitrogens with zero attached hydrogens (tertiary/aromatic N) is 4. The van der Waals surface area contributed by atoms with Gasteiger partial charge in [0.1, 0.15) is 5.82 Å². The topological polar surface area (TPSA) is 62.2 Å². The van der Waals surface area contributed by atoms with Gasteiger partial charge < -0.3 is 24.6 Å². The van der Waals surface area contributed by atoms with Crippen LogP contribution in [-0.2, 0) is 16.0 Å². The van der Waals surface area contributed by atoms with Gasteiger partial charge in [0.15, 0.2) is 5.96 Å². The zero-order valence-electron chi connectivity index (χ0n) is 17.1. The largest absolute Gasteiger partial charge is 0.382 e. The minimum Gasteiger partial charge on any atom is -0.382 e. The molecule has 7 nitrogen and oxygen atoms in total. The van der Waals surface area contributed by atoms with Gasteiger partial charge in [0.05, 0.1) is 19.8 Å². The number of aromatic nitrogens is 1. The molecule has 2 fully saturated rings. The van der Waals surface area contributed by atoms with Gasteiger partial charge in [-0.2, -0.15) is 0 Å². The van der Waals surface area contributed by atoms with E-state index in [4.69, 9.17) is 9.47 Å². The van der Waals surface area contributed by atoms with Crippen LogP contribution in [0.3, 0.4) is 0 Å². The van der Waals surface area contributed by atoms with Gasteiger partial charge >= 0.3 is 0 Å². The first-order valence-corrected chi connectivity index (χ1v) is 10.0. The van der Waals surface area contributed by atoms with Gasteiger partial charge in [-0.25, -0.2) is 4.98 Å². The van der Waals surface area contributed by atoms with Crippen LogP contribution < -0.4 is 10.2 Å². The Bertz CT molecular complexity index is 610. The molecule has 0 radical (unpaired) electrons. The number of aliphatic imine (C=N–C) groups is 1. The predicted molar refractivity (Wildman–Crippen MR) is 124 cm³/mol. The second-order valence-corrected chi connectivity index (χ2v) is 7.29. The highest BCUT2D eigenvalue weighted by Gasteiger charge is 2.25. The van der Waals surface area contributed by atoms with Crippen molar-refractivity contribution in [2.45, 2.75) is 25.8 Å². The number of guanidine groups is 1. The maximum atomic E-state index is 5.69. The molecule has 0 aromatic carbocycles. The van der Waals surface area contributed by atoms with E-state index >= 15 is 0 Å². The van der Waals surface area contributed by atoms with E-state index in [9.17, 15) is 0 Å². The van der Waals surface area contributed by atoms with E-state index in [0.717, 1.165) is 57.5 Å². The highest BCUT2D eigenvalue weighted by atomic mass is 127. The summed E-state index contributed by atoms with van der Waals surface area (Å²) in [5.41, 5.74) is 1.24. The first-order valence-electron chi connectivity index (χ1n) is 10.0. The Morgan fingerprint density at radius 2 is 2.11 bits per heavy atom. The number of likely N-dealkylation sites (tertiary alicyclic amines) is 1. The van der Waals surface area contributed by atoms with Crippen LogP contribution >= 0.6 is 24.0 Å². The summed E-state index contributed by atoms with van der Waals surface area (Å²) in [4.78, 5) is 13.7. The second kappa shape index (κ2) is 12.4. The van der Waals surface area contributed by atoms with Gasteiger partial charge in [0.25, 0.3) is 0 Å². The van der Waals surface area contributed by atoms with Crippen molar-refractivity contribution in [1.29, 1.82) is 0 Å². The molecule has 1 atom stereocenters. The quantitative estimate of drug-likeness (QED) is 0.255. The molecule has 1 unspecified atom stereocenters. The standard InChI is InChI=1S/C20H33N5O2.HI/c1-21-20(25-10-6-18(15-25)16-27-12-11-26-2)23-14-17-5-7-22-19(13-17)24-8-3-4-9-24;/h5,7,13,18H,3-4,6,8-12,14-16H2,1-2H3,(H,21,23);1H. The first kappa shape index (κ1) is 23.2. The Labute approximate surface area is 185 Å². The second-order valence-electron chi connectivity index (χ2n) is 7.29. The van der Waals surface area contributed by atoms with Crippen molar-refractivity contribution in [3.8, 4) is 0 Å². The Kier molecular flexibility index (Phi) is 10.3. The van der Waals surface area contributed by atoms with Crippen molar-refractivity contribution in [1.82, 2.24) is 15.2 Å². The number of hydrogen-bond acceptors (Lipinski definition) is 5. The van der Waals surface area contributed by atoms with Crippen molar-refractivity contribution in [3.63, 3.8) is 0 Å². The third kappa shape index (κ3) is 6.73. The van der Waals surface area contributed by atoms with E-state index in [1.807, 2.05) is 13.2 Å². The predicted octanol–water partition coefficient (Wildman–Crippen LogP) is 2.36. The monoisotopic (exact) mass is 503 g/mol. The fraction of sp³-hybridized carbons (Fsp3) is 0.700. The number of ether oxygens (including phenoxy) is 2. The molecular formula is C20H34IN5O2. The molecule has 1 aromatic rings. The van der Waals surface area contributed by atoms with Gasteiger partial charge in [-0.3, -0.25) is 4.99 Å². The summed E-state index contributed by atoms with van der Waals surface area (Å²) in [5, 5.41) is 3.51. The Hall–Kier alpha value is -1.13. The normalized spacial score (nSPS) is 19.8. The summed E-state index contributed by atoms with van der Waals surface area (Å²) in [6.07, 6.45) is 5.59. The summed E-state index contributed by atoms with van der Waals surface area (Å²) < 4.78 is 10.7. The van der Waals surface area contributed by atoms with Gasteiger partial charge in [0.2, 0.25) is 0 Å². The van der Waals surface area contributed by atoms with Crippen LogP contribution in [-0.4, -0.2) is 76.0 Å². The van der Waals surface area contributed by atoms with Crippen LogP contribution in [0.1, 0.15) is 24.8 Å². The molecule has 8 heteroatoms. The van der Waals surface area contributed by atoms with Crippen molar-refractivity contribution in [2.24, 2.45) is 10.9 Å². The molecular weight excluding hydrogens is 469 g/mol. The van der Waals surface area contributed by atoms with Gasteiger partial charge in [-0.15, -0.1) is 24.0 Å². The number of halogens is 1. The minimum atomic E-state index is 0. The van der Waals surface area contributed by atoms with E-state index < -0.39 is 0 Å². The highest BCUT2D eigenvalue weighted by Crippen LogP contribution is 2.19. The van der Waals surface area contributed by atoms with Gasteiger partial charge in [0, 0.05) is 59.0 Å². The maximum absolute atomic E-state index is 5.69. The van der Waals surface area contributed by atoms with Crippen LogP contribution in [0.25, 0.3) is 0 Å². The molecule has 3 rings (SSSR count). The van der Waals surface area contributed by atoms with E-state index in [-0.39, 0.29) is 24.0 Å². The third-order valence-electron chi connectivity index (χ3n) is 5.27. The van der Waals surface area contributed by atoms with Gasteiger partial charge in [-0.1, -0.05) is 0 Å². The summed E-state index contributed by atoms with van der Waals surface area (Å²) >= 11 is 0. The van der Waals surface area contributed by atoms with Crippen molar-refractivity contribution < 1.29 is 9.47 Å². The van der Waals surface area contributed by atoms with Crippen LogP contribution in [0.4, 0.5) is 5.82 Å². The maximum Gasteiger partial charge on any atom is 0.193 e. The van der Waals surface area contributed by atoms with Crippen LogP contribution in [0, 0.1) is 5.92 Å². The molecule has 1 N–H and O–H groups in total. The fourth-order valence-electron chi connectivity index (χ4n) is 3.76. The molecule has 3 heterocycles. The fourth-order valence-corrected chi connectivity index (χ4v) is 3.76. The lowest BCUT2D eigenvalue weighted by Crippen LogP contribution is -2.39. The Morgan fingerprint density at radius 1 is 1.29 bits per heavy atom. The molecule has 28 heavy (non-hydrogen) atoms. The average Bonchev–Trinajstić information content (AvgIpc) is 3.39. The minimum absolute atomic E-state index is 0. The summed E-state index contributed by atoms with van der Waals surface area (Å²) in [7, 11) is 3.56. The Morgan fingerprint density at radius 3 is 2.86 bits per heavy atom. The van der Waals surface area contributed by atoms with Crippen LogP contribution in [0.15, 0.2) is 23.3 Å². The lowest BCUT2D eigenvalue weighted by atomic mass is 10.1. The molecule has 2 saturated heterocycles. The first-order chi connectivity index (χ1) is 13.3. The number of hydrogen-bond donors (Lipinski definition) is 1.